The standard InChI is InChI=1S/C24H29N3O6S2/c1-14(2)11-12-24(3)17-8-6-5-7-16(17)21(28)20(22(24)29)23-25-18-10-9-15(26-34(4,30)31)13-19(18)35(32,33)27-23/h5-10,13-14,26,28,32-33H,11-12H2,1-4H3,(H,25,27)/t24-/m1/s1. The highest BCUT2D eigenvalue weighted by Crippen LogP contribution is 2.57. The molecule has 0 spiro atoms. The van der Waals surface area contributed by atoms with E-state index in [1.54, 1.807) is 12.1 Å². The topological polar surface area (TPSA) is 148 Å². The van der Waals surface area contributed by atoms with Gasteiger partial charge in [-0.2, -0.15) is 0 Å². The van der Waals surface area contributed by atoms with Crippen molar-refractivity contribution >= 4 is 49.6 Å². The minimum atomic E-state index is -3.81. The summed E-state index contributed by atoms with van der Waals surface area (Å²) in [6.45, 7) is 5.98. The number of hydrogen-bond acceptors (Lipinski definition) is 8. The highest BCUT2D eigenvalue weighted by Gasteiger charge is 2.46. The third-order valence-corrected chi connectivity index (χ3v) is 8.22. The van der Waals surface area contributed by atoms with Crippen LogP contribution in [0.25, 0.3) is 5.76 Å². The number of aliphatic hydroxyl groups is 1. The molecule has 0 bridgehead atoms. The first-order valence-electron chi connectivity index (χ1n) is 11.1. The minimum Gasteiger partial charge on any atom is -0.506 e. The Morgan fingerprint density at radius 3 is 2.51 bits per heavy atom. The Bertz CT molecular complexity index is 1380. The van der Waals surface area contributed by atoms with Gasteiger partial charge < -0.3 is 10.4 Å². The Kier molecular flexibility index (Phi) is 6.25. The smallest absolute Gasteiger partial charge is 0.229 e. The number of hydrogen-bond donors (Lipinski definition) is 5. The molecule has 0 radical (unpaired) electrons. The van der Waals surface area contributed by atoms with Crippen molar-refractivity contribution in [1.82, 2.24) is 0 Å². The van der Waals surface area contributed by atoms with Crippen molar-refractivity contribution in [3.8, 4) is 0 Å². The predicted molar refractivity (Wildman–Crippen MR) is 140 cm³/mol. The number of Topliss-reactive ketones (excluding diaryl/α,β-unsaturated/α-hetero) is 1. The minimum absolute atomic E-state index is 0.0267. The lowest BCUT2D eigenvalue weighted by Crippen LogP contribution is -2.42. The number of anilines is 2. The van der Waals surface area contributed by atoms with Crippen LogP contribution < -0.4 is 10.0 Å². The van der Waals surface area contributed by atoms with E-state index in [2.05, 4.69) is 28.3 Å². The van der Waals surface area contributed by atoms with Crippen LogP contribution in [-0.2, 0) is 20.2 Å². The van der Waals surface area contributed by atoms with Gasteiger partial charge in [-0.25, -0.2) is 8.42 Å². The van der Waals surface area contributed by atoms with Gasteiger partial charge in [0.1, 0.15) is 16.2 Å². The van der Waals surface area contributed by atoms with E-state index in [1.165, 1.54) is 18.2 Å². The number of sulfonamides is 1. The van der Waals surface area contributed by atoms with Crippen LogP contribution in [0.1, 0.15) is 44.7 Å². The monoisotopic (exact) mass is 519 g/mol. The Balaban J connectivity index is 1.82. The van der Waals surface area contributed by atoms with E-state index in [9.17, 15) is 27.4 Å². The highest BCUT2D eigenvalue weighted by atomic mass is 32.3. The molecule has 5 N–H and O–H groups in total. The molecule has 0 fully saturated rings. The van der Waals surface area contributed by atoms with Gasteiger partial charge in [0.25, 0.3) is 0 Å². The van der Waals surface area contributed by atoms with Crippen molar-refractivity contribution < 1.29 is 27.4 Å². The molecule has 1 heterocycles. The maximum absolute atomic E-state index is 13.9. The van der Waals surface area contributed by atoms with E-state index in [0.29, 0.717) is 23.5 Å². The lowest BCUT2D eigenvalue weighted by atomic mass is 9.66. The summed E-state index contributed by atoms with van der Waals surface area (Å²) in [6, 6.07) is 11.3. The van der Waals surface area contributed by atoms with E-state index in [-0.39, 0.29) is 39.2 Å². The number of carbonyl (C=O) groups excluding carboxylic acids is 1. The fraction of sp³-hybridized carbons (Fsp3) is 0.333. The molecule has 11 heteroatoms. The first-order chi connectivity index (χ1) is 16.2. The van der Waals surface area contributed by atoms with Crippen LogP contribution in [0.3, 0.4) is 0 Å². The largest absolute Gasteiger partial charge is 0.506 e. The molecular weight excluding hydrogens is 490 g/mol. The number of ketones is 1. The normalized spacial score (nSPS) is 22.1. The van der Waals surface area contributed by atoms with Crippen LogP contribution in [0.4, 0.5) is 11.4 Å². The van der Waals surface area contributed by atoms with Gasteiger partial charge in [-0.05, 0) is 49.4 Å². The summed E-state index contributed by atoms with van der Waals surface area (Å²) < 4.78 is 51.2. The van der Waals surface area contributed by atoms with E-state index in [0.717, 1.165) is 12.7 Å². The maximum Gasteiger partial charge on any atom is 0.229 e. The zero-order chi connectivity index (χ0) is 25.8. The first-order valence-corrected chi connectivity index (χ1v) is 14.5. The van der Waals surface area contributed by atoms with Gasteiger partial charge in [0, 0.05) is 5.56 Å². The van der Waals surface area contributed by atoms with Crippen molar-refractivity contribution in [2.75, 3.05) is 16.3 Å². The third kappa shape index (κ3) is 4.68. The molecule has 2 aromatic carbocycles. The van der Waals surface area contributed by atoms with Crippen LogP contribution in [0.5, 0.6) is 0 Å². The third-order valence-electron chi connectivity index (χ3n) is 6.25. The summed E-state index contributed by atoms with van der Waals surface area (Å²) in [5.74, 6) is -0.440. The van der Waals surface area contributed by atoms with Crippen LogP contribution in [0.15, 0.2) is 57.3 Å². The Hall–Kier alpha value is -2.86. The highest BCUT2D eigenvalue weighted by molar-refractivity contribution is 8.23. The number of nitrogens with one attached hydrogen (secondary N) is 2. The fourth-order valence-electron chi connectivity index (χ4n) is 4.42. The average molecular weight is 520 g/mol. The van der Waals surface area contributed by atoms with Gasteiger partial charge in [0.05, 0.1) is 23.0 Å². The fourth-order valence-corrected chi connectivity index (χ4v) is 6.17. The molecule has 1 atom stereocenters. The van der Waals surface area contributed by atoms with Gasteiger partial charge in [-0.15, -0.1) is 4.40 Å². The molecule has 4 rings (SSSR count). The van der Waals surface area contributed by atoms with E-state index < -0.39 is 26.2 Å². The molecule has 2 aliphatic rings. The Labute approximate surface area is 206 Å². The number of nitrogens with zero attached hydrogens (tertiary/aromatic N) is 1. The van der Waals surface area contributed by atoms with Gasteiger partial charge in [-0.3, -0.25) is 18.6 Å². The van der Waals surface area contributed by atoms with Gasteiger partial charge in [0.15, 0.2) is 11.6 Å². The van der Waals surface area contributed by atoms with Crippen molar-refractivity contribution in [2.24, 2.45) is 10.3 Å². The lowest BCUT2D eigenvalue weighted by Gasteiger charge is -2.39. The van der Waals surface area contributed by atoms with Crippen molar-refractivity contribution in [1.29, 1.82) is 0 Å². The van der Waals surface area contributed by atoms with Crippen LogP contribution in [0.2, 0.25) is 0 Å². The Morgan fingerprint density at radius 1 is 1.17 bits per heavy atom. The lowest BCUT2D eigenvalue weighted by molar-refractivity contribution is -0.120. The van der Waals surface area contributed by atoms with E-state index >= 15 is 0 Å². The molecule has 0 saturated heterocycles. The summed E-state index contributed by atoms with van der Waals surface area (Å²) in [4.78, 5) is 13.9. The van der Waals surface area contributed by atoms with Crippen LogP contribution in [-0.4, -0.2) is 40.5 Å². The number of carbonyl (C=O) groups is 1. The molecule has 0 aromatic heterocycles. The van der Waals surface area contributed by atoms with E-state index in [4.69, 9.17) is 0 Å². The van der Waals surface area contributed by atoms with Crippen molar-refractivity contribution in [2.45, 2.75) is 43.9 Å². The number of amidine groups is 1. The van der Waals surface area contributed by atoms with Crippen LogP contribution in [0, 0.1) is 5.92 Å². The van der Waals surface area contributed by atoms with Crippen molar-refractivity contribution in [3.63, 3.8) is 0 Å². The number of benzene rings is 2. The molecule has 188 valence electrons. The number of fused-ring (bicyclic) bond motifs is 2. The van der Waals surface area contributed by atoms with Crippen LogP contribution >= 0.6 is 10.8 Å². The Morgan fingerprint density at radius 2 is 1.86 bits per heavy atom. The summed E-state index contributed by atoms with van der Waals surface area (Å²) in [5, 5.41) is 14.1. The molecular formula is C24H29N3O6S2. The summed E-state index contributed by atoms with van der Waals surface area (Å²) in [7, 11) is -7.39. The predicted octanol–water partition coefficient (Wildman–Crippen LogP) is 5.15. The summed E-state index contributed by atoms with van der Waals surface area (Å²) in [5.41, 5.74) is 0.528. The first kappa shape index (κ1) is 25.2. The molecule has 1 aliphatic carbocycles. The van der Waals surface area contributed by atoms with Gasteiger partial charge >= 0.3 is 0 Å². The quantitative estimate of drug-likeness (QED) is 0.354. The van der Waals surface area contributed by atoms with E-state index in [1.807, 2.05) is 19.1 Å². The summed E-state index contributed by atoms with van der Waals surface area (Å²) >= 11 is 0. The second kappa shape index (κ2) is 8.66. The molecule has 0 unspecified atom stereocenters. The molecule has 9 nitrogen and oxygen atoms in total. The van der Waals surface area contributed by atoms with Gasteiger partial charge in [-0.1, -0.05) is 48.9 Å². The molecule has 1 aliphatic heterocycles. The van der Waals surface area contributed by atoms with Gasteiger partial charge in [0.2, 0.25) is 10.0 Å². The second-order valence-corrected chi connectivity index (χ2v) is 12.9. The molecule has 35 heavy (non-hydrogen) atoms. The number of aliphatic hydroxyl groups excluding tert-OH is 1. The zero-order valence-electron chi connectivity index (χ0n) is 19.9. The SMILES string of the molecule is CC(C)CC[C@@]1(C)C(=O)C(C2=NS(O)(O)c3cc(NS(C)(=O)=O)ccc3N2)=C(O)c2ccccc21. The average Bonchev–Trinajstić information content (AvgIpc) is 2.76. The summed E-state index contributed by atoms with van der Waals surface area (Å²) in [6.07, 6.45) is 2.30. The second-order valence-electron chi connectivity index (χ2n) is 9.53. The molecule has 2 aromatic rings. The zero-order valence-corrected chi connectivity index (χ0v) is 21.5. The maximum atomic E-state index is 13.9. The molecule has 0 amide bonds. The van der Waals surface area contributed by atoms with Crippen molar-refractivity contribution in [3.05, 3.63) is 59.2 Å². The number of rotatable bonds is 6. The molecule has 0 saturated carbocycles.